The molecule has 0 saturated carbocycles. The summed E-state index contributed by atoms with van der Waals surface area (Å²) in [4.78, 5) is 20.8. The van der Waals surface area contributed by atoms with Gasteiger partial charge < -0.3 is 10.2 Å². The lowest BCUT2D eigenvalue weighted by molar-refractivity contribution is -0.252. The third kappa shape index (κ3) is 4.67. The molecule has 31 heavy (non-hydrogen) atoms. The number of benzene rings is 1. The SMILES string of the molecule is CC(C)(O)c1ccc2nc(NC(=O)C[C@@](C)(O)C(F)(F)F)n(-c3ccc(F)cc3)c2n1. The number of rotatable bonds is 5. The number of halogens is 4. The van der Waals surface area contributed by atoms with E-state index in [-0.39, 0.29) is 22.8 Å². The number of fused-ring (bicyclic) bond motifs is 1. The second-order valence-electron chi connectivity index (χ2n) is 7.84. The van der Waals surface area contributed by atoms with Crippen LogP contribution in [0.3, 0.4) is 0 Å². The number of hydrogen-bond donors (Lipinski definition) is 3. The van der Waals surface area contributed by atoms with Gasteiger partial charge in [0.25, 0.3) is 0 Å². The number of amides is 1. The Kier molecular flexibility index (Phi) is 5.53. The topological polar surface area (TPSA) is 100 Å². The summed E-state index contributed by atoms with van der Waals surface area (Å²) in [5, 5.41) is 22.1. The van der Waals surface area contributed by atoms with Gasteiger partial charge in [0.2, 0.25) is 11.9 Å². The summed E-state index contributed by atoms with van der Waals surface area (Å²) in [5.74, 6) is -1.83. The number of pyridine rings is 1. The highest BCUT2D eigenvalue weighted by Gasteiger charge is 2.51. The molecule has 1 aromatic carbocycles. The molecule has 1 atom stereocenters. The first-order valence-corrected chi connectivity index (χ1v) is 9.16. The Morgan fingerprint density at radius 2 is 1.65 bits per heavy atom. The molecule has 11 heteroatoms. The molecule has 0 unspecified atom stereocenters. The number of carbonyl (C=O) groups excluding carboxylic acids is 1. The van der Waals surface area contributed by atoms with Gasteiger partial charge in [0.1, 0.15) is 16.9 Å². The second kappa shape index (κ2) is 7.57. The van der Waals surface area contributed by atoms with Crippen molar-refractivity contribution in [2.75, 3.05) is 5.32 Å². The maximum atomic E-state index is 13.4. The Balaban J connectivity index is 2.09. The summed E-state index contributed by atoms with van der Waals surface area (Å²) >= 11 is 0. The minimum Gasteiger partial charge on any atom is -0.384 e. The van der Waals surface area contributed by atoms with Crippen molar-refractivity contribution in [3.8, 4) is 5.69 Å². The Morgan fingerprint density at radius 3 is 2.19 bits per heavy atom. The summed E-state index contributed by atoms with van der Waals surface area (Å²) in [7, 11) is 0. The predicted octanol–water partition coefficient (Wildman–Crippen LogP) is 3.43. The van der Waals surface area contributed by atoms with Crippen LogP contribution in [-0.2, 0) is 10.4 Å². The highest BCUT2D eigenvalue weighted by atomic mass is 19.4. The monoisotopic (exact) mass is 440 g/mol. The van der Waals surface area contributed by atoms with Crippen molar-refractivity contribution in [1.29, 1.82) is 0 Å². The number of anilines is 1. The number of hydrogen-bond acceptors (Lipinski definition) is 5. The van der Waals surface area contributed by atoms with Crippen LogP contribution in [-0.4, -0.2) is 42.4 Å². The van der Waals surface area contributed by atoms with Crippen LogP contribution in [0.2, 0.25) is 0 Å². The van der Waals surface area contributed by atoms with Crippen LogP contribution in [0.4, 0.5) is 23.5 Å². The molecule has 2 aromatic heterocycles. The van der Waals surface area contributed by atoms with E-state index in [1.165, 1.54) is 42.7 Å². The number of imidazole rings is 1. The van der Waals surface area contributed by atoms with Crippen LogP contribution in [0, 0.1) is 5.82 Å². The third-order valence-electron chi connectivity index (χ3n) is 4.58. The molecule has 0 aliphatic rings. The fraction of sp³-hybridized carbons (Fsp3) is 0.350. The fourth-order valence-corrected chi connectivity index (χ4v) is 2.80. The van der Waals surface area contributed by atoms with Crippen LogP contribution < -0.4 is 5.32 Å². The van der Waals surface area contributed by atoms with Crippen molar-refractivity contribution in [3.05, 3.63) is 47.9 Å². The molecule has 7 nitrogen and oxygen atoms in total. The highest BCUT2D eigenvalue weighted by Crippen LogP contribution is 2.33. The third-order valence-corrected chi connectivity index (χ3v) is 4.58. The molecule has 0 fully saturated rings. The quantitative estimate of drug-likeness (QED) is 0.528. The van der Waals surface area contributed by atoms with E-state index in [9.17, 15) is 32.6 Å². The fourth-order valence-electron chi connectivity index (χ4n) is 2.80. The van der Waals surface area contributed by atoms with Crippen molar-refractivity contribution in [2.45, 2.75) is 44.6 Å². The molecule has 0 aliphatic heterocycles. The van der Waals surface area contributed by atoms with E-state index >= 15 is 0 Å². The van der Waals surface area contributed by atoms with Gasteiger partial charge in [0.05, 0.1) is 17.8 Å². The van der Waals surface area contributed by atoms with Crippen LogP contribution in [0.15, 0.2) is 36.4 Å². The molecule has 3 rings (SSSR count). The molecular formula is C20H20F4N4O3. The Morgan fingerprint density at radius 1 is 1.03 bits per heavy atom. The largest absolute Gasteiger partial charge is 0.417 e. The van der Waals surface area contributed by atoms with E-state index in [4.69, 9.17) is 0 Å². The first-order chi connectivity index (χ1) is 14.2. The molecule has 3 aromatic rings. The van der Waals surface area contributed by atoms with E-state index in [2.05, 4.69) is 15.3 Å². The number of aromatic nitrogens is 3. The first-order valence-electron chi connectivity index (χ1n) is 9.16. The lowest BCUT2D eigenvalue weighted by Gasteiger charge is -2.25. The van der Waals surface area contributed by atoms with Crippen molar-refractivity contribution in [1.82, 2.24) is 14.5 Å². The zero-order valence-electron chi connectivity index (χ0n) is 16.8. The van der Waals surface area contributed by atoms with Crippen molar-refractivity contribution >= 4 is 23.0 Å². The van der Waals surface area contributed by atoms with Gasteiger partial charge >= 0.3 is 6.18 Å². The molecule has 3 N–H and O–H groups in total. The van der Waals surface area contributed by atoms with E-state index in [0.29, 0.717) is 12.6 Å². The van der Waals surface area contributed by atoms with Gasteiger partial charge in [0.15, 0.2) is 11.2 Å². The molecule has 0 aliphatic carbocycles. The zero-order valence-corrected chi connectivity index (χ0v) is 16.8. The van der Waals surface area contributed by atoms with Crippen LogP contribution in [0.1, 0.15) is 32.9 Å². The number of alkyl halides is 3. The van der Waals surface area contributed by atoms with Gasteiger partial charge in [-0.25, -0.2) is 14.4 Å². The van der Waals surface area contributed by atoms with Crippen LogP contribution in [0.25, 0.3) is 16.9 Å². The summed E-state index contributed by atoms with van der Waals surface area (Å²) in [6.45, 7) is 3.52. The molecule has 166 valence electrons. The maximum Gasteiger partial charge on any atom is 0.417 e. The van der Waals surface area contributed by atoms with Crippen molar-refractivity contribution in [2.24, 2.45) is 0 Å². The lowest BCUT2D eigenvalue weighted by Crippen LogP contribution is -2.45. The standard InChI is InChI=1S/C20H20F4N4O3/c1-18(2,30)14-9-8-13-16(26-14)28(12-6-4-11(21)5-7-12)17(25-13)27-15(29)10-19(3,31)20(22,23)24/h4-9,30-31H,10H2,1-3H3,(H,25,27,29)/t19-/m1/s1. The number of nitrogens with zero attached hydrogens (tertiary/aromatic N) is 3. The van der Waals surface area contributed by atoms with E-state index < -0.39 is 35.5 Å². The summed E-state index contributed by atoms with van der Waals surface area (Å²) < 4.78 is 53.5. The van der Waals surface area contributed by atoms with Crippen LogP contribution >= 0.6 is 0 Å². The normalized spacial score (nSPS) is 14.5. The molecule has 0 radical (unpaired) electrons. The highest BCUT2D eigenvalue weighted by molar-refractivity contribution is 5.92. The zero-order chi connectivity index (χ0) is 23.2. The van der Waals surface area contributed by atoms with Crippen molar-refractivity contribution in [3.63, 3.8) is 0 Å². The van der Waals surface area contributed by atoms with E-state index in [1.54, 1.807) is 0 Å². The smallest absolute Gasteiger partial charge is 0.384 e. The minimum atomic E-state index is -5.01. The van der Waals surface area contributed by atoms with E-state index in [1.807, 2.05) is 0 Å². The number of aliphatic hydroxyl groups is 2. The molecule has 1 amide bonds. The summed E-state index contributed by atoms with van der Waals surface area (Å²) in [5.41, 5.74) is -3.49. The van der Waals surface area contributed by atoms with Gasteiger partial charge in [-0.1, -0.05) is 0 Å². The Bertz CT molecular complexity index is 1120. The second-order valence-corrected chi connectivity index (χ2v) is 7.84. The molecule has 0 saturated heterocycles. The summed E-state index contributed by atoms with van der Waals surface area (Å²) in [6.07, 6.45) is -6.27. The molecule has 0 spiro atoms. The molecule has 0 bridgehead atoms. The molecular weight excluding hydrogens is 420 g/mol. The van der Waals surface area contributed by atoms with Gasteiger partial charge in [-0.05, 0) is 57.2 Å². The number of nitrogens with one attached hydrogen (secondary N) is 1. The van der Waals surface area contributed by atoms with Gasteiger partial charge in [-0.15, -0.1) is 0 Å². The van der Waals surface area contributed by atoms with E-state index in [0.717, 1.165) is 12.1 Å². The Hall–Kier alpha value is -3.05. The summed E-state index contributed by atoms with van der Waals surface area (Å²) in [6, 6.07) is 8.09. The molecule has 2 heterocycles. The predicted molar refractivity (Wildman–Crippen MR) is 104 cm³/mol. The average Bonchev–Trinajstić information content (AvgIpc) is 2.97. The average molecular weight is 440 g/mol. The lowest BCUT2D eigenvalue weighted by atomic mass is 10.0. The van der Waals surface area contributed by atoms with Gasteiger partial charge in [0, 0.05) is 0 Å². The maximum absolute atomic E-state index is 13.4. The van der Waals surface area contributed by atoms with Gasteiger partial charge in [-0.3, -0.25) is 14.7 Å². The minimum absolute atomic E-state index is 0.176. The Labute approximate surface area is 174 Å². The van der Waals surface area contributed by atoms with Crippen LogP contribution in [0.5, 0.6) is 0 Å². The number of carbonyl (C=O) groups is 1. The first kappa shape index (κ1) is 22.6. The van der Waals surface area contributed by atoms with Crippen molar-refractivity contribution < 1.29 is 32.6 Å². The van der Waals surface area contributed by atoms with Gasteiger partial charge in [-0.2, -0.15) is 13.2 Å².